The molecule has 6 heteroatoms. The summed E-state index contributed by atoms with van der Waals surface area (Å²) in [6.45, 7) is 2.61. The molecule has 2 heterocycles. The number of rotatable bonds is 6. The van der Waals surface area contributed by atoms with Crippen molar-refractivity contribution in [3.63, 3.8) is 0 Å². The highest BCUT2D eigenvalue weighted by Crippen LogP contribution is 2.28. The average Bonchev–Trinajstić information content (AvgIpc) is 3.31. The Balaban J connectivity index is 1.28. The number of amides is 1. The number of piperidine rings is 1. The Labute approximate surface area is 180 Å². The number of hydrogen-bond acceptors (Lipinski definition) is 4. The number of benzene rings is 2. The van der Waals surface area contributed by atoms with Crippen LogP contribution in [0.1, 0.15) is 18.4 Å². The van der Waals surface area contributed by atoms with Gasteiger partial charge in [0.05, 0.1) is 16.9 Å². The van der Waals surface area contributed by atoms with E-state index in [1.807, 2.05) is 35.7 Å². The zero-order chi connectivity index (χ0) is 20.8. The Kier molecular flexibility index (Phi) is 6.67. The largest absolute Gasteiger partial charge is 0.325 e. The molecule has 1 amide bonds. The summed E-state index contributed by atoms with van der Waals surface area (Å²) in [4.78, 5) is 19.5. The number of thiazole rings is 1. The molecule has 0 aliphatic carbocycles. The fraction of sp³-hybridized carbons (Fsp3) is 0.250. The van der Waals surface area contributed by atoms with Gasteiger partial charge in [0.2, 0.25) is 5.91 Å². The van der Waals surface area contributed by atoms with Crippen LogP contribution in [-0.2, 0) is 4.79 Å². The van der Waals surface area contributed by atoms with Crippen molar-refractivity contribution >= 4 is 29.0 Å². The van der Waals surface area contributed by atoms with E-state index < -0.39 is 0 Å². The average molecular weight is 422 g/mol. The number of carbonyl (C=O) groups excluding carboxylic acids is 1. The van der Waals surface area contributed by atoms with Gasteiger partial charge in [0, 0.05) is 23.4 Å². The summed E-state index contributed by atoms with van der Waals surface area (Å²) in [6, 6.07) is 14.3. The molecular formula is C24H24FN3OS. The quantitative estimate of drug-likeness (QED) is 0.586. The SMILES string of the molecule is O=C(Nc1ccccc1-c1cscn1)C1CCN(C/C=C/c2ccc(F)cc2)CC1. The minimum atomic E-state index is -0.221. The lowest BCUT2D eigenvalue weighted by molar-refractivity contribution is -0.121. The van der Waals surface area contributed by atoms with Crippen LogP contribution in [0.3, 0.4) is 0 Å². The normalized spacial score (nSPS) is 15.5. The van der Waals surface area contributed by atoms with Crippen molar-refractivity contribution in [1.29, 1.82) is 0 Å². The molecule has 154 valence electrons. The topological polar surface area (TPSA) is 45.2 Å². The van der Waals surface area contributed by atoms with Crippen LogP contribution in [0.2, 0.25) is 0 Å². The molecule has 1 aromatic heterocycles. The second-order valence-electron chi connectivity index (χ2n) is 7.44. The van der Waals surface area contributed by atoms with Gasteiger partial charge in [-0.15, -0.1) is 11.3 Å². The maximum atomic E-state index is 13.0. The van der Waals surface area contributed by atoms with E-state index in [4.69, 9.17) is 0 Å². The molecule has 0 radical (unpaired) electrons. The van der Waals surface area contributed by atoms with Crippen LogP contribution < -0.4 is 5.32 Å². The number of nitrogens with zero attached hydrogens (tertiary/aromatic N) is 2. The second-order valence-corrected chi connectivity index (χ2v) is 8.16. The van der Waals surface area contributed by atoms with Gasteiger partial charge in [0.15, 0.2) is 0 Å². The van der Waals surface area contributed by atoms with Crippen LogP contribution in [0.15, 0.2) is 65.5 Å². The Morgan fingerprint density at radius 3 is 2.67 bits per heavy atom. The predicted molar refractivity (Wildman–Crippen MR) is 121 cm³/mol. The number of likely N-dealkylation sites (tertiary alicyclic amines) is 1. The Hall–Kier alpha value is -2.83. The van der Waals surface area contributed by atoms with Crippen LogP contribution in [0, 0.1) is 11.7 Å². The van der Waals surface area contributed by atoms with Gasteiger partial charge in [-0.3, -0.25) is 9.69 Å². The summed E-state index contributed by atoms with van der Waals surface area (Å²) < 4.78 is 13.0. The van der Waals surface area contributed by atoms with E-state index in [-0.39, 0.29) is 17.6 Å². The van der Waals surface area contributed by atoms with Crippen molar-refractivity contribution in [2.24, 2.45) is 5.92 Å². The summed E-state index contributed by atoms with van der Waals surface area (Å²) in [5.41, 5.74) is 5.45. The number of aromatic nitrogens is 1. The van der Waals surface area contributed by atoms with E-state index >= 15 is 0 Å². The molecule has 4 rings (SSSR count). The summed E-state index contributed by atoms with van der Waals surface area (Å²) in [5, 5.41) is 5.10. The van der Waals surface area contributed by atoms with E-state index in [2.05, 4.69) is 21.3 Å². The van der Waals surface area contributed by atoms with Gasteiger partial charge in [-0.2, -0.15) is 0 Å². The Morgan fingerprint density at radius 2 is 1.93 bits per heavy atom. The van der Waals surface area contributed by atoms with Gasteiger partial charge in [0.1, 0.15) is 5.82 Å². The number of hydrogen-bond donors (Lipinski definition) is 1. The summed E-state index contributed by atoms with van der Waals surface area (Å²) >= 11 is 1.54. The molecule has 0 bridgehead atoms. The molecular weight excluding hydrogens is 397 g/mol. The smallest absolute Gasteiger partial charge is 0.227 e. The minimum absolute atomic E-state index is 0.0193. The monoisotopic (exact) mass is 421 g/mol. The molecule has 0 unspecified atom stereocenters. The molecule has 1 saturated heterocycles. The summed E-state index contributed by atoms with van der Waals surface area (Å²) in [7, 11) is 0. The third-order valence-electron chi connectivity index (χ3n) is 5.40. The predicted octanol–water partition coefficient (Wildman–Crippen LogP) is 5.31. The standard InChI is InChI=1S/C24H24FN3OS/c25-20-9-7-18(8-10-20)4-3-13-28-14-11-19(12-15-28)24(29)27-22-6-2-1-5-21(22)23-16-30-17-26-23/h1-10,16-17,19H,11-15H2,(H,27,29)/b4-3+. The van der Waals surface area contributed by atoms with Gasteiger partial charge in [-0.1, -0.05) is 42.5 Å². The first-order valence-corrected chi connectivity index (χ1v) is 11.1. The van der Waals surface area contributed by atoms with E-state index in [1.54, 1.807) is 29.0 Å². The van der Waals surface area contributed by atoms with Crippen molar-refractivity contribution in [2.75, 3.05) is 25.0 Å². The Morgan fingerprint density at radius 1 is 1.17 bits per heavy atom. The summed E-state index contributed by atoms with van der Waals surface area (Å²) in [5.74, 6) is -0.119. The van der Waals surface area contributed by atoms with Gasteiger partial charge < -0.3 is 5.32 Å². The third kappa shape index (κ3) is 5.20. The number of halogens is 1. The lowest BCUT2D eigenvalue weighted by Gasteiger charge is -2.30. The lowest BCUT2D eigenvalue weighted by Crippen LogP contribution is -2.38. The van der Waals surface area contributed by atoms with Crippen molar-refractivity contribution in [3.05, 3.63) is 76.9 Å². The maximum Gasteiger partial charge on any atom is 0.227 e. The zero-order valence-electron chi connectivity index (χ0n) is 16.6. The molecule has 2 aromatic carbocycles. The van der Waals surface area contributed by atoms with Crippen LogP contribution in [-0.4, -0.2) is 35.4 Å². The highest BCUT2D eigenvalue weighted by Gasteiger charge is 2.25. The minimum Gasteiger partial charge on any atom is -0.325 e. The van der Waals surface area contributed by atoms with E-state index in [9.17, 15) is 9.18 Å². The van der Waals surface area contributed by atoms with Gasteiger partial charge in [-0.05, 0) is 49.7 Å². The first kappa shape index (κ1) is 20.4. The lowest BCUT2D eigenvalue weighted by atomic mass is 9.95. The van der Waals surface area contributed by atoms with Crippen LogP contribution in [0.5, 0.6) is 0 Å². The molecule has 1 aliphatic rings. The van der Waals surface area contributed by atoms with E-state index in [0.717, 1.165) is 55.0 Å². The first-order valence-electron chi connectivity index (χ1n) is 10.1. The van der Waals surface area contributed by atoms with Crippen molar-refractivity contribution in [1.82, 2.24) is 9.88 Å². The number of para-hydroxylation sites is 1. The van der Waals surface area contributed by atoms with Gasteiger partial charge >= 0.3 is 0 Å². The number of carbonyl (C=O) groups is 1. The fourth-order valence-corrected chi connectivity index (χ4v) is 4.24. The van der Waals surface area contributed by atoms with Gasteiger partial charge in [0.25, 0.3) is 0 Å². The molecule has 4 nitrogen and oxygen atoms in total. The zero-order valence-corrected chi connectivity index (χ0v) is 17.4. The highest BCUT2D eigenvalue weighted by molar-refractivity contribution is 7.07. The second kappa shape index (κ2) is 9.78. The maximum absolute atomic E-state index is 13.0. The van der Waals surface area contributed by atoms with Crippen molar-refractivity contribution < 1.29 is 9.18 Å². The number of anilines is 1. The molecule has 0 atom stereocenters. The van der Waals surface area contributed by atoms with Crippen LogP contribution in [0.25, 0.3) is 17.3 Å². The van der Waals surface area contributed by atoms with E-state index in [0.29, 0.717) is 0 Å². The van der Waals surface area contributed by atoms with Crippen LogP contribution >= 0.6 is 11.3 Å². The Bertz CT molecular complexity index is 994. The first-order chi connectivity index (χ1) is 14.7. The summed E-state index contributed by atoms with van der Waals surface area (Å²) in [6.07, 6.45) is 5.79. The van der Waals surface area contributed by atoms with Gasteiger partial charge in [-0.25, -0.2) is 9.37 Å². The fourth-order valence-electron chi connectivity index (χ4n) is 3.69. The molecule has 0 spiro atoms. The molecule has 1 fully saturated rings. The molecule has 0 saturated carbocycles. The molecule has 1 aliphatic heterocycles. The molecule has 30 heavy (non-hydrogen) atoms. The molecule has 3 aromatic rings. The number of nitrogens with one attached hydrogen (secondary N) is 1. The van der Waals surface area contributed by atoms with Crippen molar-refractivity contribution in [2.45, 2.75) is 12.8 Å². The van der Waals surface area contributed by atoms with Crippen LogP contribution in [0.4, 0.5) is 10.1 Å². The molecule has 1 N–H and O–H groups in total. The third-order valence-corrected chi connectivity index (χ3v) is 5.98. The van der Waals surface area contributed by atoms with Crippen molar-refractivity contribution in [3.8, 4) is 11.3 Å². The highest BCUT2D eigenvalue weighted by atomic mass is 32.1. The van der Waals surface area contributed by atoms with E-state index in [1.165, 1.54) is 12.1 Å².